The fourth-order valence-corrected chi connectivity index (χ4v) is 4.12. The predicted octanol–water partition coefficient (Wildman–Crippen LogP) is 6.56. The number of rotatable bonds is 8. The Bertz CT molecular complexity index is 1290. The molecular weight excluding hydrogens is 487 g/mol. The molecule has 2 aromatic carbocycles. The second-order valence-electron chi connectivity index (χ2n) is 6.69. The monoisotopic (exact) mass is 504 g/mol. The molecular formula is C23H18Cl2N2O5S. The van der Waals surface area contributed by atoms with E-state index < -0.39 is 5.91 Å². The van der Waals surface area contributed by atoms with Gasteiger partial charge in [-0.05, 0) is 48.5 Å². The van der Waals surface area contributed by atoms with E-state index in [9.17, 15) is 4.79 Å². The van der Waals surface area contributed by atoms with Crippen LogP contribution in [-0.4, -0.2) is 25.1 Å². The van der Waals surface area contributed by atoms with Crippen molar-refractivity contribution in [2.75, 3.05) is 19.5 Å². The summed E-state index contributed by atoms with van der Waals surface area (Å²) >= 11 is 13.3. The quantitative estimate of drug-likeness (QED) is 0.292. The lowest BCUT2D eigenvalue weighted by atomic mass is 10.1. The van der Waals surface area contributed by atoms with Crippen LogP contribution in [0.15, 0.2) is 58.3 Å². The summed E-state index contributed by atoms with van der Waals surface area (Å²) in [6.07, 6.45) is 0. The van der Waals surface area contributed by atoms with Crippen LogP contribution in [0.1, 0.15) is 16.3 Å². The van der Waals surface area contributed by atoms with Crippen LogP contribution in [0.5, 0.6) is 17.2 Å². The summed E-state index contributed by atoms with van der Waals surface area (Å²) in [7, 11) is 3.17. The average molecular weight is 505 g/mol. The van der Waals surface area contributed by atoms with E-state index in [1.807, 2.05) is 11.4 Å². The summed E-state index contributed by atoms with van der Waals surface area (Å²) in [6.45, 7) is 0.103. The first-order chi connectivity index (χ1) is 16.0. The maximum absolute atomic E-state index is 12.6. The molecule has 0 unspecified atom stereocenters. The molecule has 4 rings (SSSR count). The van der Waals surface area contributed by atoms with Crippen molar-refractivity contribution in [2.24, 2.45) is 0 Å². The summed E-state index contributed by atoms with van der Waals surface area (Å²) in [6, 6.07) is 13.6. The van der Waals surface area contributed by atoms with E-state index in [1.165, 1.54) is 11.3 Å². The molecule has 2 heterocycles. The third-order valence-electron chi connectivity index (χ3n) is 4.56. The molecule has 0 fully saturated rings. The Labute approximate surface area is 203 Å². The Morgan fingerprint density at radius 2 is 1.88 bits per heavy atom. The van der Waals surface area contributed by atoms with Gasteiger partial charge in [0.25, 0.3) is 5.91 Å². The molecule has 1 N–H and O–H groups in total. The molecule has 0 saturated carbocycles. The molecule has 0 saturated heterocycles. The van der Waals surface area contributed by atoms with Gasteiger partial charge in [-0.25, -0.2) is 4.98 Å². The van der Waals surface area contributed by atoms with Crippen LogP contribution in [-0.2, 0) is 6.61 Å². The highest BCUT2D eigenvalue weighted by Gasteiger charge is 2.16. The molecule has 1 amide bonds. The molecule has 0 bridgehead atoms. The van der Waals surface area contributed by atoms with Crippen LogP contribution in [0, 0.1) is 0 Å². The van der Waals surface area contributed by atoms with Gasteiger partial charge in [0.2, 0.25) is 0 Å². The van der Waals surface area contributed by atoms with Crippen molar-refractivity contribution in [3.8, 4) is 28.5 Å². The summed E-state index contributed by atoms with van der Waals surface area (Å²) in [5, 5.41) is 5.89. The van der Waals surface area contributed by atoms with Crippen molar-refractivity contribution in [3.63, 3.8) is 0 Å². The third kappa shape index (κ3) is 5.42. The molecule has 2 aromatic heterocycles. The number of benzene rings is 2. The summed E-state index contributed by atoms with van der Waals surface area (Å²) in [5.41, 5.74) is 1.41. The second kappa shape index (κ2) is 10.2. The van der Waals surface area contributed by atoms with Gasteiger partial charge in [0.15, 0.2) is 10.9 Å². The lowest BCUT2D eigenvalue weighted by molar-refractivity contribution is 0.0992. The number of thiazole rings is 1. The van der Waals surface area contributed by atoms with Gasteiger partial charge in [-0.3, -0.25) is 10.1 Å². The third-order valence-corrected chi connectivity index (χ3v) is 5.84. The van der Waals surface area contributed by atoms with Crippen molar-refractivity contribution in [2.45, 2.75) is 6.61 Å². The van der Waals surface area contributed by atoms with E-state index >= 15 is 0 Å². The number of carbonyl (C=O) groups is 1. The van der Waals surface area contributed by atoms with E-state index in [0.717, 1.165) is 5.56 Å². The molecule has 7 nitrogen and oxygen atoms in total. The molecule has 33 heavy (non-hydrogen) atoms. The second-order valence-corrected chi connectivity index (χ2v) is 8.39. The first-order valence-corrected chi connectivity index (χ1v) is 11.3. The molecule has 0 atom stereocenters. The molecule has 0 aliphatic heterocycles. The Hall–Kier alpha value is -3.20. The number of aromatic nitrogens is 1. The van der Waals surface area contributed by atoms with Gasteiger partial charge in [0, 0.05) is 16.0 Å². The van der Waals surface area contributed by atoms with Crippen molar-refractivity contribution in [1.82, 2.24) is 4.98 Å². The molecule has 170 valence electrons. The number of ether oxygens (including phenoxy) is 3. The highest BCUT2D eigenvalue weighted by molar-refractivity contribution is 7.14. The summed E-state index contributed by atoms with van der Waals surface area (Å²) in [4.78, 5) is 17.1. The standard InChI is InChI=1S/C23H18Cl2N2O5S/c1-29-14-4-7-19(30-2)16(10-14)18-12-33-23(26-18)27-22(28)21-8-5-15(32-21)11-31-20-6-3-13(24)9-17(20)25/h3-10,12H,11H2,1-2H3,(H,26,27,28). The normalized spacial score (nSPS) is 10.7. The Balaban J connectivity index is 1.42. The number of carbonyl (C=O) groups excluding carboxylic acids is 1. The summed E-state index contributed by atoms with van der Waals surface area (Å²) < 4.78 is 21.9. The van der Waals surface area contributed by atoms with Crippen molar-refractivity contribution in [3.05, 3.63) is 75.5 Å². The van der Waals surface area contributed by atoms with Gasteiger partial charge in [-0.1, -0.05) is 23.2 Å². The number of nitrogens with one attached hydrogen (secondary N) is 1. The largest absolute Gasteiger partial charge is 0.497 e. The molecule has 10 heteroatoms. The van der Waals surface area contributed by atoms with Crippen molar-refractivity contribution in [1.29, 1.82) is 0 Å². The first-order valence-electron chi connectivity index (χ1n) is 9.62. The van der Waals surface area contributed by atoms with Crippen molar-refractivity contribution < 1.29 is 23.4 Å². The number of anilines is 1. The topological polar surface area (TPSA) is 82.8 Å². The van der Waals surface area contributed by atoms with Gasteiger partial charge < -0.3 is 18.6 Å². The minimum Gasteiger partial charge on any atom is -0.497 e. The fourth-order valence-electron chi connectivity index (χ4n) is 2.95. The maximum atomic E-state index is 12.6. The zero-order valence-corrected chi connectivity index (χ0v) is 19.9. The average Bonchev–Trinajstić information content (AvgIpc) is 3.48. The molecule has 0 radical (unpaired) electrons. The zero-order valence-electron chi connectivity index (χ0n) is 17.6. The molecule has 4 aromatic rings. The fraction of sp³-hybridized carbons (Fsp3) is 0.130. The minimum atomic E-state index is -0.427. The van der Waals surface area contributed by atoms with Crippen LogP contribution in [0.25, 0.3) is 11.3 Å². The molecule has 0 aliphatic carbocycles. The van der Waals surface area contributed by atoms with Crippen LogP contribution in [0.4, 0.5) is 5.13 Å². The van der Waals surface area contributed by atoms with E-state index in [-0.39, 0.29) is 12.4 Å². The number of amides is 1. The molecule has 0 spiro atoms. The van der Waals surface area contributed by atoms with E-state index in [0.29, 0.717) is 43.9 Å². The number of hydrogen-bond donors (Lipinski definition) is 1. The van der Waals surface area contributed by atoms with E-state index in [2.05, 4.69) is 10.3 Å². The molecule has 0 aliphatic rings. The Morgan fingerprint density at radius 1 is 1.06 bits per heavy atom. The highest BCUT2D eigenvalue weighted by Crippen LogP contribution is 2.35. The number of nitrogens with zero attached hydrogens (tertiary/aromatic N) is 1. The van der Waals surface area contributed by atoms with Gasteiger partial charge in [0.1, 0.15) is 29.6 Å². The summed E-state index contributed by atoms with van der Waals surface area (Å²) in [5.74, 6) is 1.96. The van der Waals surface area contributed by atoms with Gasteiger partial charge in [-0.2, -0.15) is 0 Å². The number of halogens is 2. The number of hydrogen-bond acceptors (Lipinski definition) is 7. The van der Waals surface area contributed by atoms with E-state index in [1.54, 1.807) is 56.7 Å². The number of methoxy groups -OCH3 is 2. The predicted molar refractivity (Wildman–Crippen MR) is 128 cm³/mol. The minimum absolute atomic E-state index is 0.103. The smallest absolute Gasteiger partial charge is 0.293 e. The van der Waals surface area contributed by atoms with Crippen LogP contribution in [0.2, 0.25) is 10.0 Å². The van der Waals surface area contributed by atoms with Gasteiger partial charge >= 0.3 is 0 Å². The zero-order chi connectivity index (χ0) is 23.4. The van der Waals surface area contributed by atoms with Crippen LogP contribution >= 0.6 is 34.5 Å². The lowest BCUT2D eigenvalue weighted by Crippen LogP contribution is -2.10. The number of furan rings is 1. The van der Waals surface area contributed by atoms with Crippen molar-refractivity contribution >= 4 is 45.6 Å². The van der Waals surface area contributed by atoms with Gasteiger partial charge in [0.05, 0.1) is 24.9 Å². The lowest BCUT2D eigenvalue weighted by Gasteiger charge is -2.08. The first kappa shape index (κ1) is 23.0. The Kier molecular flexibility index (Phi) is 7.08. The Morgan fingerprint density at radius 3 is 2.64 bits per heavy atom. The SMILES string of the molecule is COc1ccc(OC)c(-c2csc(NC(=O)c3ccc(COc4ccc(Cl)cc4Cl)o3)n2)c1. The highest BCUT2D eigenvalue weighted by atomic mass is 35.5. The van der Waals surface area contributed by atoms with E-state index in [4.69, 9.17) is 41.8 Å². The van der Waals surface area contributed by atoms with Crippen LogP contribution in [0.3, 0.4) is 0 Å². The van der Waals surface area contributed by atoms with Gasteiger partial charge in [-0.15, -0.1) is 11.3 Å². The maximum Gasteiger partial charge on any atom is 0.293 e. The van der Waals surface area contributed by atoms with Crippen LogP contribution < -0.4 is 19.5 Å².